The van der Waals surface area contributed by atoms with Gasteiger partial charge in [-0.15, -0.1) is 0 Å². The van der Waals surface area contributed by atoms with Crippen molar-refractivity contribution >= 4 is 11.7 Å². The Kier molecular flexibility index (Phi) is 5.53. The molecule has 6 heteroatoms. The third-order valence-corrected chi connectivity index (χ3v) is 4.03. The van der Waals surface area contributed by atoms with Crippen LogP contribution >= 0.6 is 0 Å². The number of nitrogens with zero attached hydrogens (tertiary/aromatic N) is 3. The number of carbonyl (C=O) groups excluding carboxylic acids is 1. The largest absolute Gasteiger partial charge is 0.489 e. The molecule has 0 spiro atoms. The maximum absolute atomic E-state index is 12.6. The average molecular weight is 360 g/mol. The summed E-state index contributed by atoms with van der Waals surface area (Å²) in [6, 6.07) is 18.3. The van der Waals surface area contributed by atoms with Gasteiger partial charge in [-0.3, -0.25) is 4.79 Å². The molecular formula is C21H20N4O2. The zero-order valence-electron chi connectivity index (χ0n) is 15.2. The zero-order valence-corrected chi connectivity index (χ0v) is 15.2. The van der Waals surface area contributed by atoms with Crippen molar-refractivity contribution in [2.45, 2.75) is 26.5 Å². The normalized spacial score (nSPS) is 10.4. The van der Waals surface area contributed by atoms with Gasteiger partial charge in [-0.1, -0.05) is 24.3 Å². The number of ether oxygens (including phenoxy) is 1. The van der Waals surface area contributed by atoms with E-state index < -0.39 is 0 Å². The van der Waals surface area contributed by atoms with Crippen molar-refractivity contribution in [2.24, 2.45) is 0 Å². The molecule has 0 bridgehead atoms. The van der Waals surface area contributed by atoms with E-state index in [1.807, 2.05) is 32.0 Å². The molecule has 6 nitrogen and oxygen atoms in total. The fourth-order valence-electron chi connectivity index (χ4n) is 2.66. The van der Waals surface area contributed by atoms with Gasteiger partial charge in [0.25, 0.3) is 5.91 Å². The first-order valence-corrected chi connectivity index (χ1v) is 8.64. The van der Waals surface area contributed by atoms with Gasteiger partial charge in [0.05, 0.1) is 17.8 Å². The lowest BCUT2D eigenvalue weighted by Gasteiger charge is -2.12. The molecule has 3 rings (SSSR count). The molecule has 0 radical (unpaired) electrons. The maximum Gasteiger partial charge on any atom is 0.256 e. The van der Waals surface area contributed by atoms with Crippen LogP contribution in [-0.2, 0) is 6.61 Å². The van der Waals surface area contributed by atoms with E-state index in [9.17, 15) is 4.79 Å². The number of aromatic nitrogens is 2. The molecule has 0 aliphatic heterocycles. The molecule has 0 fully saturated rings. The average Bonchev–Trinajstić information content (AvgIpc) is 3.15. The van der Waals surface area contributed by atoms with Crippen LogP contribution in [0.15, 0.2) is 60.8 Å². The summed E-state index contributed by atoms with van der Waals surface area (Å²) >= 11 is 0. The third-order valence-electron chi connectivity index (χ3n) is 4.03. The Hall–Kier alpha value is -3.59. The van der Waals surface area contributed by atoms with Crippen molar-refractivity contribution in [2.75, 3.05) is 5.32 Å². The molecule has 1 amide bonds. The summed E-state index contributed by atoms with van der Waals surface area (Å²) in [4.78, 5) is 12.6. The summed E-state index contributed by atoms with van der Waals surface area (Å²) in [6.07, 6.45) is 1.65. The molecule has 0 aliphatic rings. The minimum absolute atomic E-state index is 0.144. The molecule has 1 N–H and O–H groups in total. The van der Waals surface area contributed by atoms with E-state index in [4.69, 9.17) is 10.00 Å². The molecular weight excluding hydrogens is 340 g/mol. The van der Waals surface area contributed by atoms with Gasteiger partial charge in [0.15, 0.2) is 0 Å². The van der Waals surface area contributed by atoms with E-state index >= 15 is 0 Å². The molecule has 3 aromatic rings. The van der Waals surface area contributed by atoms with Crippen molar-refractivity contribution in [3.8, 4) is 11.8 Å². The fraction of sp³-hybridized carbons (Fsp3) is 0.190. The monoisotopic (exact) mass is 360 g/mol. The van der Waals surface area contributed by atoms with Crippen LogP contribution in [0, 0.1) is 11.3 Å². The number of rotatable bonds is 6. The molecule has 136 valence electrons. The number of nitriles is 1. The zero-order chi connectivity index (χ0) is 19.2. The Balaban J connectivity index is 1.70. The minimum atomic E-state index is -0.236. The SMILES string of the molecule is CC(C)n1nccc1NC(=O)c1cccc(OCc2ccccc2C#N)c1. The lowest BCUT2D eigenvalue weighted by Crippen LogP contribution is -2.16. The molecule has 1 heterocycles. The van der Waals surface area contributed by atoms with Crippen LogP contribution in [0.2, 0.25) is 0 Å². The summed E-state index contributed by atoms with van der Waals surface area (Å²) in [5.41, 5.74) is 1.86. The first-order valence-electron chi connectivity index (χ1n) is 8.64. The summed E-state index contributed by atoms with van der Waals surface area (Å²) < 4.78 is 7.52. The summed E-state index contributed by atoms with van der Waals surface area (Å²) in [5.74, 6) is 0.970. The second-order valence-corrected chi connectivity index (χ2v) is 6.29. The molecule has 1 aromatic heterocycles. The first-order chi connectivity index (χ1) is 13.1. The number of nitrogens with one attached hydrogen (secondary N) is 1. The van der Waals surface area contributed by atoms with Crippen molar-refractivity contribution in [1.82, 2.24) is 9.78 Å². The van der Waals surface area contributed by atoms with Gasteiger partial charge in [-0.05, 0) is 38.1 Å². The molecule has 0 atom stereocenters. The van der Waals surface area contributed by atoms with Gasteiger partial charge in [0.1, 0.15) is 18.2 Å². The fourth-order valence-corrected chi connectivity index (χ4v) is 2.66. The van der Waals surface area contributed by atoms with E-state index in [-0.39, 0.29) is 18.6 Å². The second-order valence-electron chi connectivity index (χ2n) is 6.29. The lowest BCUT2D eigenvalue weighted by molar-refractivity contribution is 0.102. The maximum atomic E-state index is 12.6. The van der Waals surface area contributed by atoms with Crippen molar-refractivity contribution < 1.29 is 9.53 Å². The Morgan fingerprint density at radius 3 is 2.81 bits per heavy atom. The number of amides is 1. The highest BCUT2D eigenvalue weighted by atomic mass is 16.5. The quantitative estimate of drug-likeness (QED) is 0.715. The predicted molar refractivity (Wildman–Crippen MR) is 102 cm³/mol. The third kappa shape index (κ3) is 4.33. The van der Waals surface area contributed by atoms with Crippen LogP contribution in [0.25, 0.3) is 0 Å². The first kappa shape index (κ1) is 18.2. The number of hydrogen-bond donors (Lipinski definition) is 1. The summed E-state index contributed by atoms with van der Waals surface area (Å²) in [6.45, 7) is 4.25. The summed E-state index contributed by atoms with van der Waals surface area (Å²) in [5, 5.41) is 16.2. The highest BCUT2D eigenvalue weighted by Gasteiger charge is 2.12. The minimum Gasteiger partial charge on any atom is -0.489 e. The molecule has 0 aliphatic carbocycles. The van der Waals surface area contributed by atoms with Crippen LogP contribution < -0.4 is 10.1 Å². The highest BCUT2D eigenvalue weighted by Crippen LogP contribution is 2.19. The van der Waals surface area contributed by atoms with Gasteiger partial charge >= 0.3 is 0 Å². The lowest BCUT2D eigenvalue weighted by atomic mass is 10.1. The Morgan fingerprint density at radius 1 is 1.22 bits per heavy atom. The van der Waals surface area contributed by atoms with Crippen molar-refractivity contribution in [3.63, 3.8) is 0 Å². The van der Waals surface area contributed by atoms with Gasteiger partial charge in [-0.25, -0.2) is 4.68 Å². The van der Waals surface area contributed by atoms with E-state index in [1.54, 1.807) is 47.3 Å². The second kappa shape index (κ2) is 8.19. The predicted octanol–water partition coefficient (Wildman–Crippen LogP) is 4.17. The van der Waals surface area contributed by atoms with Crippen LogP contribution in [0.3, 0.4) is 0 Å². The molecule has 0 saturated carbocycles. The number of hydrogen-bond acceptors (Lipinski definition) is 4. The van der Waals surface area contributed by atoms with E-state index in [0.29, 0.717) is 22.7 Å². The summed E-state index contributed by atoms with van der Waals surface area (Å²) in [7, 11) is 0. The van der Waals surface area contributed by atoms with E-state index in [2.05, 4.69) is 16.5 Å². The van der Waals surface area contributed by atoms with Gasteiger partial charge in [0, 0.05) is 23.2 Å². The smallest absolute Gasteiger partial charge is 0.256 e. The van der Waals surface area contributed by atoms with Crippen LogP contribution in [-0.4, -0.2) is 15.7 Å². The topological polar surface area (TPSA) is 79.9 Å². The van der Waals surface area contributed by atoms with Crippen LogP contribution in [0.4, 0.5) is 5.82 Å². The van der Waals surface area contributed by atoms with Gasteiger partial charge < -0.3 is 10.1 Å². The van der Waals surface area contributed by atoms with E-state index in [1.165, 1.54) is 0 Å². The van der Waals surface area contributed by atoms with Crippen LogP contribution in [0.1, 0.15) is 41.4 Å². The highest BCUT2D eigenvalue weighted by molar-refractivity contribution is 6.04. The molecule has 27 heavy (non-hydrogen) atoms. The Labute approximate surface area is 158 Å². The molecule has 0 unspecified atom stereocenters. The number of carbonyl (C=O) groups is 1. The van der Waals surface area contributed by atoms with Crippen molar-refractivity contribution in [1.29, 1.82) is 5.26 Å². The molecule has 0 saturated heterocycles. The Morgan fingerprint density at radius 2 is 2.04 bits per heavy atom. The van der Waals surface area contributed by atoms with Gasteiger partial charge in [0.2, 0.25) is 0 Å². The van der Waals surface area contributed by atoms with E-state index in [0.717, 1.165) is 5.56 Å². The molecule has 2 aromatic carbocycles. The standard InChI is InChI=1S/C21H20N4O2/c1-15(2)25-20(10-11-23-25)24-21(26)16-8-5-9-19(12-16)27-14-18-7-4-3-6-17(18)13-22/h3-12,15H,14H2,1-2H3,(H,24,26). The van der Waals surface area contributed by atoms with Crippen LogP contribution in [0.5, 0.6) is 5.75 Å². The Bertz CT molecular complexity index is 986. The van der Waals surface area contributed by atoms with Crippen molar-refractivity contribution in [3.05, 3.63) is 77.5 Å². The van der Waals surface area contributed by atoms with Gasteiger partial charge in [-0.2, -0.15) is 10.4 Å². The number of anilines is 1. The number of benzene rings is 2.